The monoisotopic (exact) mass is 1340 g/mol. The lowest BCUT2D eigenvalue weighted by molar-refractivity contribution is 0.0490. The van der Waals surface area contributed by atoms with Gasteiger partial charge in [0.25, 0.3) is 0 Å². The zero-order valence-electron chi connectivity index (χ0n) is 58.9. The zero-order chi connectivity index (χ0) is 68.7. The van der Waals surface area contributed by atoms with Crippen LogP contribution >= 0.6 is 0 Å². The van der Waals surface area contributed by atoms with Crippen LogP contribution in [0, 0.1) is 13.8 Å². The predicted octanol–water partition coefficient (Wildman–Crippen LogP) is 19.6. The lowest BCUT2D eigenvalue weighted by Crippen LogP contribution is -2.30. The molecule has 0 fully saturated rings. The Bertz CT molecular complexity index is 4820. The van der Waals surface area contributed by atoms with Gasteiger partial charge in [-0.25, -0.2) is 0 Å². The van der Waals surface area contributed by atoms with Gasteiger partial charge in [-0.1, -0.05) is 175 Å². The maximum absolute atomic E-state index is 6.42. The minimum absolute atomic E-state index is 0.425. The van der Waals surface area contributed by atoms with Crippen LogP contribution in [0.25, 0.3) is 83.1 Å². The van der Waals surface area contributed by atoms with Crippen LogP contribution in [0.1, 0.15) is 81.3 Å². The Morgan fingerprint density at radius 3 is 1.14 bits per heavy atom. The van der Waals surface area contributed by atoms with Gasteiger partial charge in [-0.05, 0) is 206 Å². The highest BCUT2D eigenvalue weighted by atomic mass is 16.5. The second kappa shape index (κ2) is 28.3. The van der Waals surface area contributed by atoms with Gasteiger partial charge in [-0.3, -0.25) is 0 Å². The Balaban J connectivity index is 0.828. The first kappa shape index (κ1) is 66.3. The van der Waals surface area contributed by atoms with Gasteiger partial charge in [-0.15, -0.1) is 0 Å². The quantitative estimate of drug-likeness (QED) is 0.0426. The molecule has 0 amide bonds. The smallest absolute Gasteiger partial charge is 0.0726 e. The van der Waals surface area contributed by atoms with Crippen molar-refractivity contribution in [3.8, 4) is 61.3 Å². The third-order valence-electron chi connectivity index (χ3n) is 22.3. The third-order valence-corrected chi connectivity index (χ3v) is 22.3. The van der Waals surface area contributed by atoms with Gasteiger partial charge in [0.05, 0.1) is 69.3 Å². The molecule has 0 saturated heterocycles. The molecule has 0 N–H and O–H groups in total. The average Bonchev–Trinajstić information content (AvgIpc) is 1.50. The number of aryl methyl sites for hydroxylation is 2. The molecule has 12 aromatic rings. The van der Waals surface area contributed by atoms with E-state index in [1.54, 1.807) is 28.4 Å². The topological polar surface area (TPSA) is 82.0 Å². The number of hydrogen-bond acceptors (Lipinski definition) is 9. The van der Waals surface area contributed by atoms with Gasteiger partial charge in [-0.2, -0.15) is 0 Å². The van der Waals surface area contributed by atoms with Crippen LogP contribution in [0.2, 0.25) is 0 Å². The van der Waals surface area contributed by atoms with E-state index in [1.165, 1.54) is 116 Å². The van der Waals surface area contributed by atoms with E-state index in [0.717, 1.165) is 65.1 Å². The summed E-state index contributed by atoms with van der Waals surface area (Å²) in [7, 11) is 6.91. The molecule has 11 aromatic carbocycles. The molecule has 16 rings (SSSR count). The number of anilines is 3. The maximum Gasteiger partial charge on any atom is 0.0726 e. The standard InChI is InChI=1S/C91H88N2O8/c1-61-23-33-72-74-35-30-66(58-84(74)89(82(72)55-61,39-43-98-51-47-94-3)40-44-99-52-48-95-4)92(67-31-36-75-73-34-24-62(2)56-83(73)90(85(75)59-67,41-45-100-53-49-96-5)42-46-101-54-50-97-6)65-28-25-63(26-29-65)64-27-38-88-78(57-64)77-18-10-14-22-87(77)93(88)68-32-37-76-71-17-9-13-21-81(71)91(86(76)60-68)79-19-11-7-15-69(79)70-16-8-12-20-80(70)91/h7-38,55-60H,39-54H2,1-6H3. The molecule has 0 aliphatic heterocycles. The summed E-state index contributed by atoms with van der Waals surface area (Å²) in [6.45, 7) is 10.8. The largest absolute Gasteiger partial charge is 0.382 e. The summed E-state index contributed by atoms with van der Waals surface area (Å²) < 4.78 is 50.0. The number of methoxy groups -OCH3 is 4. The Labute approximate surface area is 593 Å². The first-order chi connectivity index (χ1) is 49.7. The molecule has 0 atom stereocenters. The van der Waals surface area contributed by atoms with Crippen LogP contribution in [-0.2, 0) is 54.1 Å². The first-order valence-corrected chi connectivity index (χ1v) is 35.9. The number of rotatable bonds is 29. The summed E-state index contributed by atoms with van der Waals surface area (Å²) in [5.74, 6) is 0. The molecular formula is C91H88N2O8. The van der Waals surface area contributed by atoms with Gasteiger partial charge in [0, 0.05) is 99.2 Å². The summed E-state index contributed by atoms with van der Waals surface area (Å²) in [5, 5.41) is 2.42. The molecule has 0 unspecified atom stereocenters. The molecule has 510 valence electrons. The van der Waals surface area contributed by atoms with Crippen LogP contribution < -0.4 is 4.90 Å². The summed E-state index contributed by atoms with van der Waals surface area (Å²) >= 11 is 0. The lowest BCUT2D eigenvalue weighted by Gasteiger charge is -2.35. The number of fused-ring (bicyclic) bond motifs is 19. The van der Waals surface area contributed by atoms with Gasteiger partial charge in [0.1, 0.15) is 0 Å². The number of para-hydroxylation sites is 1. The predicted molar refractivity (Wildman–Crippen MR) is 408 cm³/mol. The number of nitrogens with zero attached hydrogens (tertiary/aromatic N) is 2. The van der Waals surface area contributed by atoms with Crippen LogP contribution in [0.15, 0.2) is 231 Å². The second-order valence-electron chi connectivity index (χ2n) is 27.7. The molecule has 1 spiro atoms. The minimum Gasteiger partial charge on any atom is -0.382 e. The highest BCUT2D eigenvalue weighted by Gasteiger charge is 2.52. The highest BCUT2D eigenvalue weighted by Crippen LogP contribution is 2.64. The average molecular weight is 1340 g/mol. The fraction of sp³-hybridized carbons (Fsp3) is 0.275. The Morgan fingerprint density at radius 2 is 0.663 bits per heavy atom. The Hall–Kier alpha value is -9.30. The van der Waals surface area contributed by atoms with Crippen molar-refractivity contribution < 1.29 is 37.9 Å². The van der Waals surface area contributed by atoms with Crippen molar-refractivity contribution in [2.24, 2.45) is 0 Å². The molecular weight excluding hydrogens is 1250 g/mol. The van der Waals surface area contributed by atoms with E-state index in [9.17, 15) is 0 Å². The van der Waals surface area contributed by atoms with E-state index in [2.05, 4.69) is 254 Å². The molecule has 0 radical (unpaired) electrons. The van der Waals surface area contributed by atoms with Crippen molar-refractivity contribution in [2.75, 3.05) is 113 Å². The minimum atomic E-state index is -0.451. The van der Waals surface area contributed by atoms with Crippen LogP contribution in [0.5, 0.6) is 0 Å². The number of hydrogen-bond donors (Lipinski definition) is 0. The zero-order valence-corrected chi connectivity index (χ0v) is 58.9. The molecule has 4 aliphatic rings. The molecule has 101 heavy (non-hydrogen) atoms. The van der Waals surface area contributed by atoms with Gasteiger partial charge >= 0.3 is 0 Å². The van der Waals surface area contributed by atoms with Crippen molar-refractivity contribution in [1.82, 2.24) is 4.57 Å². The fourth-order valence-corrected chi connectivity index (χ4v) is 17.7. The van der Waals surface area contributed by atoms with E-state index in [4.69, 9.17) is 37.9 Å². The number of ether oxygens (including phenoxy) is 8. The Morgan fingerprint density at radius 1 is 0.287 bits per heavy atom. The van der Waals surface area contributed by atoms with Crippen LogP contribution in [0.4, 0.5) is 17.1 Å². The van der Waals surface area contributed by atoms with Crippen molar-refractivity contribution in [3.05, 3.63) is 286 Å². The fourth-order valence-electron chi connectivity index (χ4n) is 17.7. The molecule has 0 bridgehead atoms. The molecule has 1 aromatic heterocycles. The molecule has 10 nitrogen and oxygen atoms in total. The first-order valence-electron chi connectivity index (χ1n) is 35.9. The summed E-state index contributed by atoms with van der Waals surface area (Å²) in [6.07, 6.45) is 3.05. The van der Waals surface area contributed by atoms with Crippen molar-refractivity contribution in [2.45, 2.75) is 55.8 Å². The Kier molecular flexibility index (Phi) is 18.5. The number of benzene rings is 11. The van der Waals surface area contributed by atoms with Crippen molar-refractivity contribution in [1.29, 1.82) is 0 Å². The van der Waals surface area contributed by atoms with Gasteiger partial charge in [0.2, 0.25) is 0 Å². The summed E-state index contributed by atoms with van der Waals surface area (Å²) in [5.41, 5.74) is 30.8. The second-order valence-corrected chi connectivity index (χ2v) is 27.7. The molecule has 4 aliphatic carbocycles. The van der Waals surface area contributed by atoms with E-state index < -0.39 is 16.2 Å². The van der Waals surface area contributed by atoms with Crippen LogP contribution in [0.3, 0.4) is 0 Å². The maximum atomic E-state index is 6.42. The van der Waals surface area contributed by atoms with E-state index in [0.29, 0.717) is 79.3 Å². The number of aromatic nitrogens is 1. The normalized spacial score (nSPS) is 14.2. The van der Waals surface area contributed by atoms with Crippen molar-refractivity contribution >= 4 is 38.9 Å². The summed E-state index contributed by atoms with van der Waals surface area (Å²) in [4.78, 5) is 2.48. The molecule has 0 saturated carbocycles. The van der Waals surface area contributed by atoms with Gasteiger partial charge < -0.3 is 47.4 Å². The summed E-state index contributed by atoms with van der Waals surface area (Å²) in [6, 6.07) is 87.9. The molecule has 10 heteroatoms. The SMILES string of the molecule is COCCOCCC1(CCOCCOC)c2cc(C)ccc2-c2ccc(N(c3ccc(-c4ccc5c(c4)c4ccccc4n5-c4ccc5c(c4)C4(c6ccccc6-c6ccccc64)c4ccccc4-5)cc3)c3ccc4c(c3)C(CCOCCOC)(CCOCCOC)c3cc(C)ccc3-4)cc21. The third kappa shape index (κ3) is 11.4. The van der Waals surface area contributed by atoms with E-state index in [1.807, 2.05) is 0 Å². The highest BCUT2D eigenvalue weighted by molar-refractivity contribution is 6.11. The van der Waals surface area contributed by atoms with E-state index >= 15 is 0 Å². The van der Waals surface area contributed by atoms with E-state index in [-0.39, 0.29) is 0 Å². The van der Waals surface area contributed by atoms with Crippen molar-refractivity contribution in [3.63, 3.8) is 0 Å². The lowest BCUT2D eigenvalue weighted by atomic mass is 9.70. The van der Waals surface area contributed by atoms with Gasteiger partial charge in [0.15, 0.2) is 0 Å². The molecule has 1 heterocycles. The van der Waals surface area contributed by atoms with Crippen LogP contribution in [-0.4, -0.2) is 112 Å².